The first-order valence-electron chi connectivity index (χ1n) is 9.71. The van der Waals surface area contributed by atoms with E-state index < -0.39 is 10.8 Å². The van der Waals surface area contributed by atoms with Crippen LogP contribution in [0, 0.1) is 42.2 Å². The normalized spacial score (nSPS) is 11.0. The number of hydrogen-bond acceptors (Lipinski definition) is 7. The Balaban J connectivity index is 1.91. The average molecular weight is 462 g/mol. The van der Waals surface area contributed by atoms with Crippen LogP contribution < -0.4 is 10.9 Å². The molecule has 0 fully saturated rings. The lowest BCUT2D eigenvalue weighted by Crippen LogP contribution is -2.14. The van der Waals surface area contributed by atoms with E-state index in [1.807, 2.05) is 32.0 Å². The fourth-order valence-corrected chi connectivity index (χ4v) is 3.86. The number of nitriles is 1. The van der Waals surface area contributed by atoms with Crippen LogP contribution in [0.2, 0.25) is 0 Å². The first-order chi connectivity index (χ1) is 15.7. The second-order valence-corrected chi connectivity index (χ2v) is 8.25. The molecule has 0 saturated heterocycles. The maximum absolute atomic E-state index is 12.6. The Morgan fingerprint density at radius 2 is 1.97 bits per heavy atom. The third kappa shape index (κ3) is 5.93. The number of aryl methyl sites for hydroxylation is 3. The van der Waals surface area contributed by atoms with Crippen molar-refractivity contribution in [2.45, 2.75) is 30.8 Å². The predicted molar refractivity (Wildman–Crippen MR) is 125 cm³/mol. The van der Waals surface area contributed by atoms with E-state index in [2.05, 4.69) is 15.3 Å². The lowest BCUT2D eigenvalue weighted by molar-refractivity contribution is -0.387. The van der Waals surface area contributed by atoms with Crippen molar-refractivity contribution in [3.05, 3.63) is 90.9 Å². The molecule has 2 N–H and O–H groups in total. The molecule has 166 valence electrons. The predicted octanol–water partition coefficient (Wildman–Crippen LogP) is 4.30. The molecule has 0 aliphatic heterocycles. The zero-order chi connectivity index (χ0) is 24.1. The van der Waals surface area contributed by atoms with Crippen molar-refractivity contribution in [2.24, 2.45) is 0 Å². The number of carbonyl (C=O) groups is 1. The topological polar surface area (TPSA) is 142 Å². The molecule has 1 amide bonds. The highest BCUT2D eigenvalue weighted by Gasteiger charge is 2.18. The number of aromatic nitrogens is 2. The monoisotopic (exact) mass is 461 g/mol. The summed E-state index contributed by atoms with van der Waals surface area (Å²) < 4.78 is 0. The van der Waals surface area contributed by atoms with Gasteiger partial charge in [-0.15, -0.1) is 0 Å². The maximum Gasteiger partial charge on any atom is 0.283 e. The number of anilines is 1. The van der Waals surface area contributed by atoms with E-state index in [9.17, 15) is 25.0 Å². The van der Waals surface area contributed by atoms with Gasteiger partial charge in [-0.25, -0.2) is 4.98 Å². The van der Waals surface area contributed by atoms with E-state index in [-0.39, 0.29) is 26.9 Å². The number of H-pyrrole nitrogens is 1. The number of nitro benzene ring substituents is 1. The Labute approximate surface area is 193 Å². The first-order valence-corrected chi connectivity index (χ1v) is 10.5. The third-order valence-corrected chi connectivity index (χ3v) is 5.50. The van der Waals surface area contributed by atoms with E-state index in [0.717, 1.165) is 22.9 Å². The zero-order valence-corrected chi connectivity index (χ0v) is 18.8. The van der Waals surface area contributed by atoms with Gasteiger partial charge in [0.2, 0.25) is 0 Å². The number of amides is 1. The molecule has 3 rings (SSSR count). The Morgan fingerprint density at radius 3 is 2.64 bits per heavy atom. The van der Waals surface area contributed by atoms with Crippen LogP contribution >= 0.6 is 11.8 Å². The molecule has 2 aromatic carbocycles. The minimum Gasteiger partial charge on any atom is -0.321 e. The first kappa shape index (κ1) is 23.4. The molecular formula is C23H19N5O4S. The van der Waals surface area contributed by atoms with Crippen molar-refractivity contribution in [1.82, 2.24) is 9.97 Å². The van der Waals surface area contributed by atoms with Crippen LogP contribution in [-0.2, 0) is 4.79 Å². The van der Waals surface area contributed by atoms with Gasteiger partial charge >= 0.3 is 0 Å². The summed E-state index contributed by atoms with van der Waals surface area (Å²) in [6, 6.07) is 13.0. The van der Waals surface area contributed by atoms with Crippen LogP contribution in [0.4, 0.5) is 11.4 Å². The molecule has 0 unspecified atom stereocenters. The lowest BCUT2D eigenvalue weighted by atomic mass is 10.1. The Morgan fingerprint density at radius 1 is 1.21 bits per heavy atom. The summed E-state index contributed by atoms with van der Waals surface area (Å²) in [5.41, 5.74) is 2.36. The van der Waals surface area contributed by atoms with Crippen LogP contribution in [0.25, 0.3) is 6.08 Å². The molecule has 33 heavy (non-hydrogen) atoms. The van der Waals surface area contributed by atoms with Crippen molar-refractivity contribution in [2.75, 3.05) is 5.32 Å². The minimum atomic E-state index is -0.617. The van der Waals surface area contributed by atoms with Gasteiger partial charge in [0, 0.05) is 23.5 Å². The number of nitro groups is 1. The number of rotatable bonds is 6. The molecule has 0 atom stereocenters. The molecule has 1 aromatic heterocycles. The van der Waals surface area contributed by atoms with Gasteiger partial charge in [-0.2, -0.15) is 5.26 Å². The minimum absolute atomic E-state index is 0.199. The third-order valence-electron chi connectivity index (χ3n) is 4.55. The molecule has 0 aliphatic carbocycles. The summed E-state index contributed by atoms with van der Waals surface area (Å²) >= 11 is 0.942. The van der Waals surface area contributed by atoms with Crippen LogP contribution in [0.15, 0.2) is 62.9 Å². The van der Waals surface area contributed by atoms with Gasteiger partial charge in [0.1, 0.15) is 11.6 Å². The molecule has 0 bridgehead atoms. The number of benzene rings is 2. The summed E-state index contributed by atoms with van der Waals surface area (Å²) in [4.78, 5) is 42.3. The number of carbonyl (C=O) groups excluding carboxylic acids is 1. The van der Waals surface area contributed by atoms with Gasteiger partial charge in [0.05, 0.1) is 9.82 Å². The Kier molecular flexibility index (Phi) is 7.05. The highest BCUT2D eigenvalue weighted by atomic mass is 32.2. The standard InChI is InChI=1S/C23H19N5O4S/c1-13-4-5-14(2)18(8-13)26-22(30)17(12-24)10-16-6-7-20(19(11-16)28(31)32)33-23-25-15(3)9-21(29)27-23/h4-11H,1-3H3,(H,26,30)(H,25,27,29)/b17-10+. The molecule has 0 aliphatic rings. The highest BCUT2D eigenvalue weighted by Crippen LogP contribution is 2.34. The van der Waals surface area contributed by atoms with E-state index >= 15 is 0 Å². The number of nitrogens with zero attached hydrogens (tertiary/aromatic N) is 3. The Hall–Kier alpha value is -4.23. The van der Waals surface area contributed by atoms with Crippen LogP contribution in [-0.4, -0.2) is 20.8 Å². The zero-order valence-electron chi connectivity index (χ0n) is 18.0. The molecule has 9 nitrogen and oxygen atoms in total. The second-order valence-electron chi connectivity index (χ2n) is 7.22. The van der Waals surface area contributed by atoms with Gasteiger partial charge in [-0.05, 0) is 67.4 Å². The van der Waals surface area contributed by atoms with Crippen LogP contribution in [0.3, 0.4) is 0 Å². The van der Waals surface area contributed by atoms with Gasteiger partial charge in [-0.1, -0.05) is 18.2 Å². The SMILES string of the molecule is Cc1ccc(C)c(NC(=O)/C(C#N)=C/c2ccc(Sc3nc(C)cc(=O)[nH]3)c([N+](=O)[O-])c2)c1. The van der Waals surface area contributed by atoms with Crippen molar-refractivity contribution < 1.29 is 9.72 Å². The summed E-state index contributed by atoms with van der Waals surface area (Å²) in [5.74, 6) is -0.617. The summed E-state index contributed by atoms with van der Waals surface area (Å²) in [5, 5.41) is 24.0. The van der Waals surface area contributed by atoms with Crippen molar-refractivity contribution in [1.29, 1.82) is 5.26 Å². The molecule has 10 heteroatoms. The van der Waals surface area contributed by atoms with Gasteiger partial charge < -0.3 is 10.3 Å². The molecule has 0 saturated carbocycles. The van der Waals surface area contributed by atoms with Crippen molar-refractivity contribution >= 4 is 35.1 Å². The smallest absolute Gasteiger partial charge is 0.283 e. The highest BCUT2D eigenvalue weighted by molar-refractivity contribution is 7.99. The average Bonchev–Trinajstić information content (AvgIpc) is 2.74. The molecule has 0 radical (unpaired) electrons. The van der Waals surface area contributed by atoms with Crippen molar-refractivity contribution in [3.63, 3.8) is 0 Å². The van der Waals surface area contributed by atoms with E-state index in [1.165, 1.54) is 24.3 Å². The molecule has 1 heterocycles. The lowest BCUT2D eigenvalue weighted by Gasteiger charge is -2.09. The van der Waals surface area contributed by atoms with Gasteiger partial charge in [-0.3, -0.25) is 19.7 Å². The summed E-state index contributed by atoms with van der Waals surface area (Å²) in [7, 11) is 0. The molecule has 3 aromatic rings. The van der Waals surface area contributed by atoms with Crippen molar-refractivity contribution in [3.8, 4) is 6.07 Å². The van der Waals surface area contributed by atoms with E-state index in [1.54, 1.807) is 19.1 Å². The van der Waals surface area contributed by atoms with E-state index in [4.69, 9.17) is 0 Å². The maximum atomic E-state index is 12.6. The van der Waals surface area contributed by atoms with Gasteiger partial charge in [0.15, 0.2) is 5.16 Å². The number of nitrogens with one attached hydrogen (secondary N) is 2. The summed E-state index contributed by atoms with van der Waals surface area (Å²) in [6.07, 6.45) is 1.29. The summed E-state index contributed by atoms with van der Waals surface area (Å²) in [6.45, 7) is 5.37. The van der Waals surface area contributed by atoms with E-state index in [0.29, 0.717) is 16.9 Å². The molecule has 0 spiro atoms. The Bertz CT molecular complexity index is 1390. The number of aromatic amines is 1. The second kappa shape index (κ2) is 9.93. The number of hydrogen-bond donors (Lipinski definition) is 2. The quantitative estimate of drug-likeness (QED) is 0.183. The largest absolute Gasteiger partial charge is 0.321 e. The fraction of sp³-hybridized carbons (Fsp3) is 0.130. The molecular weight excluding hydrogens is 442 g/mol. The van der Waals surface area contributed by atoms with Gasteiger partial charge in [0.25, 0.3) is 17.2 Å². The fourth-order valence-electron chi connectivity index (χ4n) is 2.93. The van der Waals surface area contributed by atoms with Crippen LogP contribution in [0.5, 0.6) is 0 Å². The van der Waals surface area contributed by atoms with Crippen LogP contribution in [0.1, 0.15) is 22.4 Å².